The van der Waals surface area contributed by atoms with Gasteiger partial charge in [0.2, 0.25) is 0 Å². The van der Waals surface area contributed by atoms with Crippen molar-refractivity contribution in [2.45, 2.75) is 26.0 Å². The van der Waals surface area contributed by atoms with Crippen molar-refractivity contribution in [3.05, 3.63) is 58.6 Å². The second kappa shape index (κ2) is 6.17. The van der Waals surface area contributed by atoms with E-state index < -0.39 is 17.4 Å². The van der Waals surface area contributed by atoms with E-state index in [1.807, 2.05) is 31.2 Å². The predicted octanol–water partition coefficient (Wildman–Crippen LogP) is 3.05. The fourth-order valence-electron chi connectivity index (χ4n) is 2.40. The van der Waals surface area contributed by atoms with Crippen molar-refractivity contribution in [3.63, 3.8) is 0 Å². The van der Waals surface area contributed by atoms with Crippen LogP contribution < -0.4 is 15.4 Å². The summed E-state index contributed by atoms with van der Waals surface area (Å²) in [5.74, 6) is -0.619. The van der Waals surface area contributed by atoms with Gasteiger partial charge in [-0.15, -0.1) is 0 Å². The van der Waals surface area contributed by atoms with Crippen LogP contribution in [0.2, 0.25) is 5.02 Å². The summed E-state index contributed by atoms with van der Waals surface area (Å²) in [6, 6.07) is 12.6. The average molecular weight is 345 g/mol. The van der Waals surface area contributed by atoms with E-state index in [0.29, 0.717) is 23.0 Å². The summed E-state index contributed by atoms with van der Waals surface area (Å²) in [5.41, 5.74) is 0.908. The third-order valence-electron chi connectivity index (χ3n) is 3.94. The molecule has 6 heteroatoms. The molecule has 0 saturated carbocycles. The summed E-state index contributed by atoms with van der Waals surface area (Å²) >= 11 is 5.90. The molecule has 3 rings (SSSR count). The molecule has 2 aromatic carbocycles. The lowest BCUT2D eigenvalue weighted by Crippen LogP contribution is -2.58. The van der Waals surface area contributed by atoms with Gasteiger partial charge in [-0.3, -0.25) is 9.59 Å². The van der Waals surface area contributed by atoms with Crippen molar-refractivity contribution in [2.24, 2.45) is 0 Å². The van der Waals surface area contributed by atoms with Gasteiger partial charge in [0.25, 0.3) is 17.4 Å². The second-order valence-electron chi connectivity index (χ2n) is 5.90. The van der Waals surface area contributed by atoms with Gasteiger partial charge in [-0.2, -0.15) is 0 Å². The monoisotopic (exact) mass is 344 g/mol. The average Bonchev–Trinajstić information content (AvgIpc) is 2.55. The number of carbonyl (C=O) groups excluding carboxylic acids is 2. The van der Waals surface area contributed by atoms with E-state index in [9.17, 15) is 9.59 Å². The van der Waals surface area contributed by atoms with Crippen LogP contribution in [0.15, 0.2) is 42.5 Å². The number of aryl methyl sites for hydroxylation is 1. The molecule has 1 aliphatic rings. The van der Waals surface area contributed by atoms with Crippen LogP contribution in [-0.2, 0) is 16.1 Å². The number of ether oxygens (including phenoxy) is 1. The van der Waals surface area contributed by atoms with Crippen LogP contribution in [0.25, 0.3) is 0 Å². The molecule has 0 saturated heterocycles. The molecule has 124 valence electrons. The standard InChI is InChI=1S/C18H17ClN2O3/c1-11-3-5-12(6-4-11)10-20-16(22)18(2)17(23)21-14-9-13(19)7-8-15(14)24-18/h3-9H,10H2,1-2H3,(H,20,22)(H,21,23). The number of anilines is 1. The summed E-state index contributed by atoms with van der Waals surface area (Å²) < 4.78 is 5.67. The largest absolute Gasteiger partial charge is 0.466 e. The number of amides is 2. The van der Waals surface area contributed by atoms with Crippen LogP contribution in [0.1, 0.15) is 18.1 Å². The summed E-state index contributed by atoms with van der Waals surface area (Å²) in [5, 5.41) is 5.90. The molecule has 0 bridgehead atoms. The number of halogens is 1. The van der Waals surface area contributed by atoms with Gasteiger partial charge in [0, 0.05) is 11.6 Å². The fraction of sp³-hybridized carbons (Fsp3) is 0.222. The summed E-state index contributed by atoms with van der Waals surface area (Å²) in [6.45, 7) is 3.76. The summed E-state index contributed by atoms with van der Waals surface area (Å²) in [6.07, 6.45) is 0. The van der Waals surface area contributed by atoms with Crippen molar-refractivity contribution in [3.8, 4) is 5.75 Å². The lowest BCUT2D eigenvalue weighted by Gasteiger charge is -2.33. The molecule has 0 aromatic heterocycles. The minimum Gasteiger partial charge on any atom is -0.466 e. The Hall–Kier alpha value is -2.53. The molecule has 0 spiro atoms. The molecular weight excluding hydrogens is 328 g/mol. The van der Waals surface area contributed by atoms with E-state index in [1.165, 1.54) is 6.92 Å². The van der Waals surface area contributed by atoms with E-state index >= 15 is 0 Å². The molecule has 0 fully saturated rings. The minimum absolute atomic E-state index is 0.318. The third kappa shape index (κ3) is 3.08. The molecular formula is C18H17ClN2O3. The SMILES string of the molecule is Cc1ccc(CNC(=O)C2(C)Oc3ccc(Cl)cc3NC2=O)cc1. The van der Waals surface area contributed by atoms with E-state index in [-0.39, 0.29) is 0 Å². The number of hydrogen-bond acceptors (Lipinski definition) is 3. The van der Waals surface area contributed by atoms with Crippen LogP contribution in [0.5, 0.6) is 5.75 Å². The lowest BCUT2D eigenvalue weighted by molar-refractivity contribution is -0.146. The van der Waals surface area contributed by atoms with Crippen molar-refractivity contribution in [2.75, 3.05) is 5.32 Å². The molecule has 5 nitrogen and oxygen atoms in total. The Morgan fingerprint density at radius 3 is 2.67 bits per heavy atom. The quantitative estimate of drug-likeness (QED) is 0.841. The Morgan fingerprint density at radius 2 is 1.96 bits per heavy atom. The zero-order valence-electron chi connectivity index (χ0n) is 13.4. The van der Waals surface area contributed by atoms with Crippen molar-refractivity contribution in [1.29, 1.82) is 0 Å². The Bertz CT molecular complexity index is 804. The van der Waals surface area contributed by atoms with Crippen molar-refractivity contribution < 1.29 is 14.3 Å². The molecule has 0 aliphatic carbocycles. The first-order valence-corrected chi connectivity index (χ1v) is 7.90. The van der Waals surface area contributed by atoms with Crippen LogP contribution in [0, 0.1) is 6.92 Å². The Labute approximate surface area is 145 Å². The second-order valence-corrected chi connectivity index (χ2v) is 6.33. The maximum Gasteiger partial charge on any atom is 0.278 e. The molecule has 1 aliphatic heterocycles. The maximum atomic E-state index is 12.5. The van der Waals surface area contributed by atoms with Crippen LogP contribution in [0.3, 0.4) is 0 Å². The van der Waals surface area contributed by atoms with E-state index in [2.05, 4.69) is 10.6 Å². The molecule has 2 N–H and O–H groups in total. The number of fused-ring (bicyclic) bond motifs is 1. The first-order valence-electron chi connectivity index (χ1n) is 7.52. The van der Waals surface area contributed by atoms with Gasteiger partial charge in [-0.25, -0.2) is 0 Å². The molecule has 1 atom stereocenters. The highest BCUT2D eigenvalue weighted by molar-refractivity contribution is 6.31. The zero-order valence-corrected chi connectivity index (χ0v) is 14.1. The molecule has 24 heavy (non-hydrogen) atoms. The molecule has 2 aromatic rings. The number of hydrogen-bond donors (Lipinski definition) is 2. The van der Waals surface area contributed by atoms with Gasteiger partial charge in [0.15, 0.2) is 0 Å². The summed E-state index contributed by atoms with van der Waals surface area (Å²) in [4.78, 5) is 24.9. The van der Waals surface area contributed by atoms with Crippen LogP contribution in [-0.4, -0.2) is 17.4 Å². The highest BCUT2D eigenvalue weighted by Crippen LogP contribution is 2.35. The van der Waals surface area contributed by atoms with Gasteiger partial charge in [-0.05, 0) is 37.6 Å². The number of benzene rings is 2. The van der Waals surface area contributed by atoms with Gasteiger partial charge in [0.05, 0.1) is 5.69 Å². The van der Waals surface area contributed by atoms with Crippen LogP contribution in [0.4, 0.5) is 5.69 Å². The molecule has 2 amide bonds. The lowest BCUT2D eigenvalue weighted by atomic mass is 10.0. The van der Waals surface area contributed by atoms with Gasteiger partial charge in [-0.1, -0.05) is 41.4 Å². The molecule has 0 radical (unpaired) electrons. The first kappa shape index (κ1) is 16.3. The molecule has 1 unspecified atom stereocenters. The number of rotatable bonds is 3. The maximum absolute atomic E-state index is 12.5. The number of carbonyl (C=O) groups is 2. The van der Waals surface area contributed by atoms with Gasteiger partial charge in [0.1, 0.15) is 5.75 Å². The topological polar surface area (TPSA) is 67.4 Å². The van der Waals surface area contributed by atoms with E-state index in [0.717, 1.165) is 11.1 Å². The predicted molar refractivity (Wildman–Crippen MR) is 92.1 cm³/mol. The van der Waals surface area contributed by atoms with Crippen LogP contribution >= 0.6 is 11.6 Å². The Balaban J connectivity index is 1.74. The Morgan fingerprint density at radius 1 is 1.25 bits per heavy atom. The zero-order chi connectivity index (χ0) is 17.3. The minimum atomic E-state index is -1.63. The van der Waals surface area contributed by atoms with E-state index in [1.54, 1.807) is 18.2 Å². The van der Waals surface area contributed by atoms with Gasteiger partial charge < -0.3 is 15.4 Å². The third-order valence-corrected chi connectivity index (χ3v) is 4.18. The smallest absolute Gasteiger partial charge is 0.278 e. The van der Waals surface area contributed by atoms with E-state index in [4.69, 9.17) is 16.3 Å². The number of nitrogens with one attached hydrogen (secondary N) is 2. The fourth-order valence-corrected chi connectivity index (χ4v) is 2.58. The first-order chi connectivity index (χ1) is 11.4. The van der Waals surface area contributed by atoms with Crippen molar-refractivity contribution in [1.82, 2.24) is 5.32 Å². The molecule has 1 heterocycles. The Kier molecular flexibility index (Phi) is 4.20. The van der Waals surface area contributed by atoms with Crippen molar-refractivity contribution >= 4 is 29.1 Å². The summed E-state index contributed by atoms with van der Waals surface area (Å²) in [7, 11) is 0. The highest BCUT2D eigenvalue weighted by atomic mass is 35.5. The highest BCUT2D eigenvalue weighted by Gasteiger charge is 2.47. The van der Waals surface area contributed by atoms with Gasteiger partial charge >= 0.3 is 0 Å². The normalized spacial score (nSPS) is 19.0.